The summed E-state index contributed by atoms with van der Waals surface area (Å²) in [6.45, 7) is 3.99. The predicted molar refractivity (Wildman–Crippen MR) is 114 cm³/mol. The van der Waals surface area contributed by atoms with E-state index in [1.807, 2.05) is 6.92 Å². The number of benzene rings is 1. The number of ether oxygens (including phenoxy) is 1. The van der Waals surface area contributed by atoms with E-state index in [4.69, 9.17) is 20.8 Å². The van der Waals surface area contributed by atoms with Crippen LogP contribution >= 0.6 is 34.7 Å². The van der Waals surface area contributed by atoms with Crippen molar-refractivity contribution >= 4 is 51.6 Å². The van der Waals surface area contributed by atoms with Gasteiger partial charge in [-0.05, 0) is 43.7 Å². The molecule has 3 rings (SSSR count). The molecule has 7 nitrogen and oxygen atoms in total. The van der Waals surface area contributed by atoms with E-state index < -0.39 is 5.97 Å². The molecule has 1 amide bonds. The van der Waals surface area contributed by atoms with Crippen LogP contribution in [0.25, 0.3) is 11.5 Å². The summed E-state index contributed by atoms with van der Waals surface area (Å²) in [6, 6.07) is 8.76. The highest BCUT2D eigenvalue weighted by Crippen LogP contribution is 2.30. The number of aromatic nitrogens is 2. The summed E-state index contributed by atoms with van der Waals surface area (Å²) in [5, 5.41) is 12.1. The topological polar surface area (TPSA) is 94.3 Å². The Labute approximate surface area is 180 Å². The smallest absolute Gasteiger partial charge is 0.341 e. The van der Waals surface area contributed by atoms with Crippen molar-refractivity contribution < 1.29 is 18.7 Å². The molecule has 10 heteroatoms. The van der Waals surface area contributed by atoms with Crippen LogP contribution in [0.3, 0.4) is 0 Å². The Morgan fingerprint density at radius 3 is 2.69 bits per heavy atom. The van der Waals surface area contributed by atoms with Crippen molar-refractivity contribution in [2.45, 2.75) is 25.5 Å². The van der Waals surface area contributed by atoms with Crippen molar-refractivity contribution in [1.29, 1.82) is 0 Å². The lowest BCUT2D eigenvalue weighted by atomic mass is 10.2. The van der Waals surface area contributed by atoms with Crippen LogP contribution in [-0.2, 0) is 16.0 Å². The molecule has 0 atom stereocenters. The zero-order valence-electron chi connectivity index (χ0n) is 15.7. The lowest BCUT2D eigenvalue weighted by Crippen LogP contribution is -2.15. The summed E-state index contributed by atoms with van der Waals surface area (Å²) in [7, 11) is 0. The maximum absolute atomic E-state index is 12.3. The molecule has 2 heterocycles. The molecule has 0 saturated carbocycles. The van der Waals surface area contributed by atoms with Crippen LogP contribution < -0.4 is 5.32 Å². The van der Waals surface area contributed by atoms with Gasteiger partial charge in [0.2, 0.25) is 11.8 Å². The Bertz CT molecular complexity index is 1000. The van der Waals surface area contributed by atoms with Crippen molar-refractivity contribution in [3.8, 4) is 11.5 Å². The first kappa shape index (κ1) is 21.4. The number of hydrogen-bond donors (Lipinski definition) is 1. The molecule has 1 aromatic carbocycles. The van der Waals surface area contributed by atoms with E-state index in [9.17, 15) is 9.59 Å². The van der Waals surface area contributed by atoms with Crippen LogP contribution in [0.2, 0.25) is 5.02 Å². The Morgan fingerprint density at radius 1 is 1.24 bits per heavy atom. The molecule has 0 bridgehead atoms. The lowest BCUT2D eigenvalue weighted by Gasteiger charge is -2.05. The van der Waals surface area contributed by atoms with Gasteiger partial charge in [0.05, 0.1) is 17.9 Å². The lowest BCUT2D eigenvalue weighted by molar-refractivity contribution is -0.113. The van der Waals surface area contributed by atoms with Crippen molar-refractivity contribution in [3.63, 3.8) is 0 Å². The predicted octanol–water partition coefficient (Wildman–Crippen LogP) is 4.92. The second-order valence-electron chi connectivity index (χ2n) is 5.75. The van der Waals surface area contributed by atoms with E-state index in [0.29, 0.717) is 21.5 Å². The molecule has 29 heavy (non-hydrogen) atoms. The van der Waals surface area contributed by atoms with Crippen LogP contribution in [0.5, 0.6) is 0 Å². The summed E-state index contributed by atoms with van der Waals surface area (Å²) in [6.07, 6.45) is 0.761. The van der Waals surface area contributed by atoms with Crippen LogP contribution in [0, 0.1) is 0 Å². The standard InChI is InChI=1S/C19H18ClN3O4S2/c1-3-13-9-14(18(25)26-4-2)17(29-13)21-15(24)10-28-19-23-22-16(27-19)11-5-7-12(20)8-6-11/h5-9H,3-4,10H2,1-2H3,(H,21,24). The first-order valence-corrected chi connectivity index (χ1v) is 11.0. The number of thioether (sulfide) groups is 1. The Hall–Kier alpha value is -2.36. The van der Waals surface area contributed by atoms with Crippen LogP contribution in [-0.4, -0.2) is 34.4 Å². The zero-order chi connectivity index (χ0) is 20.8. The molecule has 0 saturated heterocycles. The molecule has 0 aliphatic heterocycles. The van der Waals surface area contributed by atoms with E-state index in [2.05, 4.69) is 15.5 Å². The third-order valence-corrected chi connectivity index (χ3v) is 5.97. The molecule has 0 fully saturated rings. The minimum atomic E-state index is -0.448. The number of thiophene rings is 1. The average molecular weight is 452 g/mol. The fourth-order valence-corrected chi connectivity index (χ4v) is 4.03. The number of amides is 1. The molecule has 1 N–H and O–H groups in total. The number of halogens is 1. The van der Waals surface area contributed by atoms with E-state index in [1.54, 1.807) is 37.3 Å². The van der Waals surface area contributed by atoms with Crippen LogP contribution in [0.15, 0.2) is 40.0 Å². The van der Waals surface area contributed by atoms with Gasteiger partial charge in [-0.1, -0.05) is 30.3 Å². The van der Waals surface area contributed by atoms with Gasteiger partial charge >= 0.3 is 5.97 Å². The quantitative estimate of drug-likeness (QED) is 0.383. The Morgan fingerprint density at radius 2 is 2.00 bits per heavy atom. The maximum Gasteiger partial charge on any atom is 0.341 e. The number of nitrogens with zero attached hydrogens (tertiary/aromatic N) is 2. The maximum atomic E-state index is 12.3. The molecule has 3 aromatic rings. The fraction of sp³-hybridized carbons (Fsp3) is 0.263. The van der Waals surface area contributed by atoms with E-state index in [0.717, 1.165) is 28.6 Å². The molecule has 152 valence electrons. The average Bonchev–Trinajstić information content (AvgIpc) is 3.34. The van der Waals surface area contributed by atoms with Gasteiger partial charge in [-0.3, -0.25) is 4.79 Å². The number of carbonyl (C=O) groups excluding carboxylic acids is 2. The highest BCUT2D eigenvalue weighted by molar-refractivity contribution is 7.99. The summed E-state index contributed by atoms with van der Waals surface area (Å²) in [4.78, 5) is 25.4. The second kappa shape index (κ2) is 9.91. The summed E-state index contributed by atoms with van der Waals surface area (Å²) < 4.78 is 10.6. The van der Waals surface area contributed by atoms with E-state index in [-0.39, 0.29) is 23.5 Å². The van der Waals surface area contributed by atoms with Gasteiger partial charge in [0.25, 0.3) is 5.22 Å². The van der Waals surface area contributed by atoms with Gasteiger partial charge in [0, 0.05) is 15.5 Å². The Balaban J connectivity index is 1.61. The molecule has 0 spiro atoms. The summed E-state index contributed by atoms with van der Waals surface area (Å²) in [5.74, 6) is -0.323. The van der Waals surface area contributed by atoms with Crippen molar-refractivity contribution in [2.75, 3.05) is 17.7 Å². The first-order valence-electron chi connectivity index (χ1n) is 8.82. The van der Waals surface area contributed by atoms with Gasteiger partial charge in [-0.15, -0.1) is 21.5 Å². The number of carbonyl (C=O) groups is 2. The Kier molecular flexibility index (Phi) is 7.29. The van der Waals surface area contributed by atoms with Gasteiger partial charge in [0.1, 0.15) is 5.00 Å². The second-order valence-corrected chi connectivity index (χ2v) is 8.25. The molecular formula is C19H18ClN3O4S2. The van der Waals surface area contributed by atoms with Crippen molar-refractivity contribution in [1.82, 2.24) is 10.2 Å². The fourth-order valence-electron chi connectivity index (χ4n) is 2.34. The number of esters is 1. The van der Waals surface area contributed by atoms with Gasteiger partial charge in [-0.25, -0.2) is 4.79 Å². The minimum absolute atomic E-state index is 0.0594. The molecule has 0 aliphatic carbocycles. The number of rotatable bonds is 8. The van der Waals surface area contributed by atoms with E-state index in [1.165, 1.54) is 11.3 Å². The van der Waals surface area contributed by atoms with Crippen molar-refractivity contribution in [2.24, 2.45) is 0 Å². The monoisotopic (exact) mass is 451 g/mol. The van der Waals surface area contributed by atoms with Gasteiger partial charge in [0.15, 0.2) is 0 Å². The van der Waals surface area contributed by atoms with Crippen molar-refractivity contribution in [3.05, 3.63) is 45.8 Å². The van der Waals surface area contributed by atoms with Crippen LogP contribution in [0.1, 0.15) is 29.1 Å². The number of aryl methyl sites for hydroxylation is 1. The molecule has 2 aromatic heterocycles. The minimum Gasteiger partial charge on any atom is -0.462 e. The third kappa shape index (κ3) is 5.59. The largest absolute Gasteiger partial charge is 0.462 e. The molecule has 0 radical (unpaired) electrons. The first-order chi connectivity index (χ1) is 14.0. The number of nitrogens with one attached hydrogen (secondary N) is 1. The zero-order valence-corrected chi connectivity index (χ0v) is 18.1. The highest BCUT2D eigenvalue weighted by atomic mass is 35.5. The SMILES string of the molecule is CCOC(=O)c1cc(CC)sc1NC(=O)CSc1nnc(-c2ccc(Cl)cc2)o1. The van der Waals surface area contributed by atoms with Gasteiger partial charge < -0.3 is 14.5 Å². The third-order valence-electron chi connectivity index (χ3n) is 3.70. The summed E-state index contributed by atoms with van der Waals surface area (Å²) in [5.41, 5.74) is 1.11. The summed E-state index contributed by atoms with van der Waals surface area (Å²) >= 11 is 8.35. The molecule has 0 unspecified atom stereocenters. The number of anilines is 1. The van der Waals surface area contributed by atoms with E-state index >= 15 is 0 Å². The highest BCUT2D eigenvalue weighted by Gasteiger charge is 2.19. The normalized spacial score (nSPS) is 10.7. The van der Waals surface area contributed by atoms with Gasteiger partial charge in [-0.2, -0.15) is 0 Å². The molecule has 0 aliphatic rings. The number of hydrogen-bond acceptors (Lipinski definition) is 8. The molecular weight excluding hydrogens is 434 g/mol. The van der Waals surface area contributed by atoms with Crippen LogP contribution in [0.4, 0.5) is 5.00 Å².